The van der Waals surface area contributed by atoms with E-state index in [1.54, 1.807) is 0 Å². The average molecular weight is 167 g/mol. The van der Waals surface area contributed by atoms with Crippen molar-refractivity contribution in [3.8, 4) is 0 Å². The van der Waals surface area contributed by atoms with E-state index in [-0.39, 0.29) is 0 Å². The van der Waals surface area contributed by atoms with E-state index in [1.165, 1.54) is 11.1 Å². The molecular formula is C13H11. The van der Waals surface area contributed by atoms with Gasteiger partial charge >= 0.3 is 0 Å². The smallest absolute Gasteiger partial charge is 0.00258 e. The van der Waals surface area contributed by atoms with Crippen LogP contribution in [-0.4, -0.2) is 0 Å². The van der Waals surface area contributed by atoms with E-state index < -0.39 is 0 Å². The molecule has 2 rings (SSSR count). The SMILES string of the molecule is [c]1ccc(Cc2ccccc2)cc1. The quantitative estimate of drug-likeness (QED) is 0.644. The van der Waals surface area contributed by atoms with Gasteiger partial charge in [0.25, 0.3) is 0 Å². The first kappa shape index (κ1) is 8.06. The van der Waals surface area contributed by atoms with Gasteiger partial charge in [-0.2, -0.15) is 0 Å². The van der Waals surface area contributed by atoms with Gasteiger partial charge < -0.3 is 0 Å². The third kappa shape index (κ3) is 2.19. The molecule has 0 aliphatic rings. The maximum atomic E-state index is 3.02. The van der Waals surface area contributed by atoms with Gasteiger partial charge in [-0.1, -0.05) is 54.6 Å². The van der Waals surface area contributed by atoms with Crippen LogP contribution >= 0.6 is 0 Å². The summed E-state index contributed by atoms with van der Waals surface area (Å²) in [7, 11) is 0. The molecule has 0 heterocycles. The van der Waals surface area contributed by atoms with Gasteiger partial charge in [-0.25, -0.2) is 0 Å². The lowest BCUT2D eigenvalue weighted by Gasteiger charge is -1.99. The molecule has 1 radical (unpaired) electrons. The lowest BCUT2D eigenvalue weighted by Crippen LogP contribution is -1.85. The fourth-order valence-electron chi connectivity index (χ4n) is 1.37. The van der Waals surface area contributed by atoms with Crippen LogP contribution in [0.3, 0.4) is 0 Å². The molecule has 0 spiro atoms. The molecule has 0 nitrogen and oxygen atoms in total. The van der Waals surface area contributed by atoms with Crippen molar-refractivity contribution in [2.45, 2.75) is 6.42 Å². The summed E-state index contributed by atoms with van der Waals surface area (Å²) in [6, 6.07) is 21.6. The summed E-state index contributed by atoms with van der Waals surface area (Å²) in [6.45, 7) is 0. The van der Waals surface area contributed by atoms with E-state index in [0.29, 0.717) is 0 Å². The Morgan fingerprint density at radius 2 is 1.38 bits per heavy atom. The first-order valence-corrected chi connectivity index (χ1v) is 4.44. The molecule has 0 amide bonds. The predicted molar refractivity (Wildman–Crippen MR) is 54.5 cm³/mol. The molecule has 2 aromatic carbocycles. The molecule has 13 heavy (non-hydrogen) atoms. The van der Waals surface area contributed by atoms with Gasteiger partial charge in [0.2, 0.25) is 0 Å². The minimum atomic E-state index is 1.01. The molecule has 0 N–H and O–H groups in total. The van der Waals surface area contributed by atoms with E-state index >= 15 is 0 Å². The molecule has 0 atom stereocenters. The van der Waals surface area contributed by atoms with Gasteiger partial charge in [0.1, 0.15) is 0 Å². The van der Waals surface area contributed by atoms with Crippen molar-refractivity contribution in [3.63, 3.8) is 0 Å². The maximum absolute atomic E-state index is 3.02. The fraction of sp³-hybridized carbons (Fsp3) is 0.0769. The molecule has 0 bridgehead atoms. The van der Waals surface area contributed by atoms with Crippen LogP contribution in [0.5, 0.6) is 0 Å². The van der Waals surface area contributed by atoms with E-state index in [9.17, 15) is 0 Å². The normalized spacial score (nSPS) is 9.85. The highest BCUT2D eigenvalue weighted by Crippen LogP contribution is 2.07. The van der Waals surface area contributed by atoms with Crippen LogP contribution in [0.25, 0.3) is 0 Å². The van der Waals surface area contributed by atoms with Crippen LogP contribution in [0.2, 0.25) is 0 Å². The highest BCUT2D eigenvalue weighted by atomic mass is 14.0. The number of hydrogen-bond acceptors (Lipinski definition) is 0. The zero-order chi connectivity index (χ0) is 8.93. The van der Waals surface area contributed by atoms with Crippen molar-refractivity contribution >= 4 is 0 Å². The first-order valence-electron chi connectivity index (χ1n) is 4.44. The summed E-state index contributed by atoms with van der Waals surface area (Å²) < 4.78 is 0. The Hall–Kier alpha value is -1.56. The average Bonchev–Trinajstić information content (AvgIpc) is 2.21. The van der Waals surface area contributed by atoms with Crippen LogP contribution in [0, 0.1) is 6.07 Å². The van der Waals surface area contributed by atoms with Crippen molar-refractivity contribution in [3.05, 3.63) is 71.8 Å². The second-order valence-electron chi connectivity index (χ2n) is 3.07. The molecule has 2 aromatic rings. The van der Waals surface area contributed by atoms with Crippen molar-refractivity contribution < 1.29 is 0 Å². The van der Waals surface area contributed by atoms with E-state index in [4.69, 9.17) is 0 Å². The maximum Gasteiger partial charge on any atom is -0.00258 e. The number of benzene rings is 2. The zero-order valence-corrected chi connectivity index (χ0v) is 7.40. The predicted octanol–water partition coefficient (Wildman–Crippen LogP) is 3.08. The van der Waals surface area contributed by atoms with Crippen LogP contribution in [0.1, 0.15) is 11.1 Å². The van der Waals surface area contributed by atoms with Gasteiger partial charge in [0.05, 0.1) is 0 Å². The van der Waals surface area contributed by atoms with Gasteiger partial charge in [-0.3, -0.25) is 0 Å². The third-order valence-electron chi connectivity index (χ3n) is 2.04. The molecule has 63 valence electrons. The Morgan fingerprint density at radius 1 is 0.769 bits per heavy atom. The zero-order valence-electron chi connectivity index (χ0n) is 7.40. The van der Waals surface area contributed by atoms with Gasteiger partial charge in [0, 0.05) is 0 Å². The van der Waals surface area contributed by atoms with Gasteiger partial charge in [-0.05, 0) is 23.6 Å². The number of hydrogen-bond donors (Lipinski definition) is 0. The Morgan fingerprint density at radius 3 is 2.08 bits per heavy atom. The van der Waals surface area contributed by atoms with Crippen LogP contribution in [0.15, 0.2) is 54.6 Å². The largest absolute Gasteiger partial charge is 0.0622 e. The lowest BCUT2D eigenvalue weighted by molar-refractivity contribution is 1.19. The highest BCUT2D eigenvalue weighted by Gasteiger charge is 1.92. The molecule has 0 fully saturated rings. The Bertz CT molecular complexity index is 311. The van der Waals surface area contributed by atoms with E-state index in [2.05, 4.69) is 42.5 Å². The van der Waals surface area contributed by atoms with Gasteiger partial charge in [0.15, 0.2) is 0 Å². The molecule has 0 aliphatic heterocycles. The topological polar surface area (TPSA) is 0 Å². The Labute approximate surface area is 78.9 Å². The van der Waals surface area contributed by atoms with Crippen molar-refractivity contribution in [2.75, 3.05) is 0 Å². The lowest BCUT2D eigenvalue weighted by atomic mass is 10.1. The Kier molecular flexibility index (Phi) is 2.42. The summed E-state index contributed by atoms with van der Waals surface area (Å²) in [5.74, 6) is 0. The highest BCUT2D eigenvalue weighted by molar-refractivity contribution is 5.25. The van der Waals surface area contributed by atoms with Crippen molar-refractivity contribution in [2.24, 2.45) is 0 Å². The van der Waals surface area contributed by atoms with E-state index in [1.807, 2.05) is 18.2 Å². The van der Waals surface area contributed by atoms with E-state index in [0.717, 1.165) is 6.42 Å². The molecule has 0 saturated carbocycles. The van der Waals surface area contributed by atoms with Crippen LogP contribution < -0.4 is 0 Å². The van der Waals surface area contributed by atoms with Crippen molar-refractivity contribution in [1.29, 1.82) is 0 Å². The molecular weight excluding hydrogens is 156 g/mol. The summed E-state index contributed by atoms with van der Waals surface area (Å²) in [5, 5.41) is 0. The molecule has 0 aromatic heterocycles. The molecule has 0 saturated heterocycles. The second-order valence-corrected chi connectivity index (χ2v) is 3.07. The summed E-state index contributed by atoms with van der Waals surface area (Å²) in [5.41, 5.74) is 2.69. The first-order chi connectivity index (χ1) is 6.45. The van der Waals surface area contributed by atoms with Crippen LogP contribution in [-0.2, 0) is 6.42 Å². The molecule has 0 unspecified atom stereocenters. The minimum Gasteiger partial charge on any atom is -0.0622 e. The fourth-order valence-corrected chi connectivity index (χ4v) is 1.37. The summed E-state index contributed by atoms with van der Waals surface area (Å²) >= 11 is 0. The third-order valence-corrected chi connectivity index (χ3v) is 2.04. The summed E-state index contributed by atoms with van der Waals surface area (Å²) in [4.78, 5) is 0. The second kappa shape index (κ2) is 3.90. The molecule has 0 aliphatic carbocycles. The summed E-state index contributed by atoms with van der Waals surface area (Å²) in [6.07, 6.45) is 1.01. The van der Waals surface area contributed by atoms with Gasteiger partial charge in [-0.15, -0.1) is 0 Å². The minimum absolute atomic E-state index is 1.01. The standard InChI is InChI=1S/C13H11/c1-3-7-12(8-4-1)11-13-9-5-2-6-10-13/h1,3-10H,11H2. The van der Waals surface area contributed by atoms with Crippen molar-refractivity contribution in [1.82, 2.24) is 0 Å². The molecule has 0 heteroatoms. The number of rotatable bonds is 2. The Balaban J connectivity index is 2.16. The van der Waals surface area contributed by atoms with Crippen LogP contribution in [0.4, 0.5) is 0 Å². The monoisotopic (exact) mass is 167 g/mol.